The standard InChI is InChI=1S/C15H25N3O4/c1-16-4-9-22-13-11-18(10-12(13)16)15(20)3-2-14(19)17-5-7-21-8-6-17/h12-13H,2-11H2,1H3. The van der Waals surface area contributed by atoms with Crippen LogP contribution in [-0.4, -0.2) is 98.3 Å². The van der Waals surface area contributed by atoms with Gasteiger partial charge in [-0.25, -0.2) is 0 Å². The summed E-state index contributed by atoms with van der Waals surface area (Å²) in [5.74, 6) is 0.120. The minimum Gasteiger partial charge on any atom is -0.378 e. The Morgan fingerprint density at radius 3 is 2.32 bits per heavy atom. The molecule has 0 bridgehead atoms. The second kappa shape index (κ2) is 6.93. The number of amides is 2. The van der Waals surface area contributed by atoms with E-state index < -0.39 is 0 Å². The third-order valence-electron chi connectivity index (χ3n) is 4.85. The van der Waals surface area contributed by atoms with E-state index in [9.17, 15) is 9.59 Å². The van der Waals surface area contributed by atoms with Crippen LogP contribution in [0.15, 0.2) is 0 Å². The van der Waals surface area contributed by atoms with Gasteiger partial charge in [0.2, 0.25) is 11.8 Å². The largest absolute Gasteiger partial charge is 0.378 e. The maximum absolute atomic E-state index is 12.3. The molecule has 2 atom stereocenters. The molecule has 3 aliphatic heterocycles. The first kappa shape index (κ1) is 15.7. The van der Waals surface area contributed by atoms with Crippen molar-refractivity contribution in [3.8, 4) is 0 Å². The van der Waals surface area contributed by atoms with E-state index in [1.807, 2.05) is 4.90 Å². The molecule has 2 amide bonds. The summed E-state index contributed by atoms with van der Waals surface area (Å²) in [6, 6.07) is 0.299. The van der Waals surface area contributed by atoms with Crippen LogP contribution in [-0.2, 0) is 19.1 Å². The van der Waals surface area contributed by atoms with Crippen molar-refractivity contribution in [2.45, 2.75) is 25.0 Å². The summed E-state index contributed by atoms with van der Waals surface area (Å²) in [7, 11) is 2.08. The zero-order chi connectivity index (χ0) is 15.5. The summed E-state index contributed by atoms with van der Waals surface area (Å²) in [6.07, 6.45) is 0.707. The molecule has 0 aromatic rings. The van der Waals surface area contributed by atoms with Crippen LogP contribution in [0.5, 0.6) is 0 Å². The predicted octanol–water partition coefficient (Wildman–Crippen LogP) is -0.833. The van der Waals surface area contributed by atoms with Crippen molar-refractivity contribution in [3.05, 3.63) is 0 Å². The van der Waals surface area contributed by atoms with Crippen LogP contribution in [0.4, 0.5) is 0 Å². The lowest BCUT2D eigenvalue weighted by Gasteiger charge is -2.33. The van der Waals surface area contributed by atoms with E-state index in [0.29, 0.717) is 58.3 Å². The molecule has 124 valence electrons. The van der Waals surface area contributed by atoms with Gasteiger partial charge in [0.15, 0.2) is 0 Å². The molecule has 0 saturated carbocycles. The molecule has 3 rings (SSSR count). The molecule has 0 N–H and O–H groups in total. The smallest absolute Gasteiger partial charge is 0.223 e. The Hall–Kier alpha value is -1.18. The molecule has 0 aromatic heterocycles. The Kier molecular flexibility index (Phi) is 4.95. The third kappa shape index (κ3) is 3.42. The van der Waals surface area contributed by atoms with Crippen LogP contribution < -0.4 is 0 Å². The van der Waals surface area contributed by atoms with Crippen molar-refractivity contribution in [1.82, 2.24) is 14.7 Å². The monoisotopic (exact) mass is 311 g/mol. The second-order valence-electron chi connectivity index (χ2n) is 6.25. The van der Waals surface area contributed by atoms with E-state index in [1.54, 1.807) is 4.90 Å². The van der Waals surface area contributed by atoms with Crippen LogP contribution in [0.3, 0.4) is 0 Å². The molecule has 2 unspecified atom stereocenters. The number of rotatable bonds is 3. The first-order valence-electron chi connectivity index (χ1n) is 8.10. The van der Waals surface area contributed by atoms with Gasteiger partial charge in [-0.15, -0.1) is 0 Å². The van der Waals surface area contributed by atoms with E-state index in [0.717, 1.165) is 13.2 Å². The van der Waals surface area contributed by atoms with Gasteiger partial charge >= 0.3 is 0 Å². The number of likely N-dealkylation sites (N-methyl/N-ethyl adjacent to an activating group) is 1. The lowest BCUT2D eigenvalue weighted by Crippen LogP contribution is -2.48. The lowest BCUT2D eigenvalue weighted by molar-refractivity contribution is -0.139. The molecule has 0 aromatic carbocycles. The van der Waals surface area contributed by atoms with Gasteiger partial charge in [0, 0.05) is 45.6 Å². The van der Waals surface area contributed by atoms with Gasteiger partial charge in [-0.05, 0) is 7.05 Å². The molecule has 3 fully saturated rings. The fourth-order valence-electron chi connectivity index (χ4n) is 3.40. The maximum atomic E-state index is 12.3. The van der Waals surface area contributed by atoms with Crippen molar-refractivity contribution in [2.24, 2.45) is 0 Å². The number of nitrogens with zero attached hydrogens (tertiary/aromatic N) is 3. The summed E-state index contributed by atoms with van der Waals surface area (Å²) >= 11 is 0. The van der Waals surface area contributed by atoms with Gasteiger partial charge in [0.1, 0.15) is 0 Å². The SMILES string of the molecule is CN1CCOC2CN(C(=O)CCC(=O)N3CCOCC3)CC21. The summed E-state index contributed by atoms with van der Waals surface area (Å²) in [5.41, 5.74) is 0. The lowest BCUT2D eigenvalue weighted by atomic mass is 10.1. The number of hydrogen-bond donors (Lipinski definition) is 0. The molecule has 7 heteroatoms. The van der Waals surface area contributed by atoms with E-state index in [4.69, 9.17) is 9.47 Å². The van der Waals surface area contributed by atoms with Crippen LogP contribution in [0, 0.1) is 0 Å². The van der Waals surface area contributed by atoms with Gasteiger partial charge in [-0.3, -0.25) is 14.5 Å². The van der Waals surface area contributed by atoms with Gasteiger partial charge < -0.3 is 19.3 Å². The van der Waals surface area contributed by atoms with Crippen molar-refractivity contribution in [3.63, 3.8) is 0 Å². The second-order valence-corrected chi connectivity index (χ2v) is 6.25. The van der Waals surface area contributed by atoms with Gasteiger partial charge in [-0.2, -0.15) is 0 Å². The molecule has 0 aliphatic carbocycles. The number of carbonyl (C=O) groups excluding carboxylic acids is 2. The summed E-state index contributed by atoms with van der Waals surface area (Å²) in [6.45, 7) is 5.48. The Labute approximate surface area is 131 Å². The zero-order valence-electron chi connectivity index (χ0n) is 13.2. The van der Waals surface area contributed by atoms with Gasteiger partial charge in [-0.1, -0.05) is 0 Å². The van der Waals surface area contributed by atoms with E-state index in [1.165, 1.54) is 0 Å². The molecular formula is C15H25N3O4. The van der Waals surface area contributed by atoms with Crippen molar-refractivity contribution < 1.29 is 19.1 Å². The molecule has 0 spiro atoms. The minimum atomic E-state index is 0.0571. The third-order valence-corrected chi connectivity index (χ3v) is 4.85. The zero-order valence-corrected chi connectivity index (χ0v) is 13.2. The quantitative estimate of drug-likeness (QED) is 0.681. The van der Waals surface area contributed by atoms with Crippen molar-refractivity contribution >= 4 is 11.8 Å². The maximum Gasteiger partial charge on any atom is 0.223 e. The van der Waals surface area contributed by atoms with Crippen LogP contribution in [0.2, 0.25) is 0 Å². The molecule has 3 saturated heterocycles. The van der Waals surface area contributed by atoms with Crippen LogP contribution >= 0.6 is 0 Å². The molecule has 7 nitrogen and oxygen atoms in total. The van der Waals surface area contributed by atoms with Gasteiger partial charge in [0.25, 0.3) is 0 Å². The highest BCUT2D eigenvalue weighted by Gasteiger charge is 2.40. The van der Waals surface area contributed by atoms with Crippen LogP contribution in [0.25, 0.3) is 0 Å². The fraction of sp³-hybridized carbons (Fsp3) is 0.867. The summed E-state index contributed by atoms with van der Waals surface area (Å²) in [5, 5.41) is 0. The highest BCUT2D eigenvalue weighted by Crippen LogP contribution is 2.22. The fourth-order valence-corrected chi connectivity index (χ4v) is 3.40. The highest BCUT2D eigenvalue weighted by molar-refractivity contribution is 5.84. The molecule has 3 aliphatic rings. The number of morpholine rings is 2. The number of hydrogen-bond acceptors (Lipinski definition) is 5. The predicted molar refractivity (Wildman–Crippen MR) is 79.4 cm³/mol. The average molecular weight is 311 g/mol. The van der Waals surface area contributed by atoms with E-state index in [-0.39, 0.29) is 17.9 Å². The van der Waals surface area contributed by atoms with E-state index in [2.05, 4.69) is 11.9 Å². The molecule has 0 radical (unpaired) electrons. The Morgan fingerprint density at radius 2 is 1.64 bits per heavy atom. The molecule has 22 heavy (non-hydrogen) atoms. The number of fused-ring (bicyclic) bond motifs is 1. The topological polar surface area (TPSA) is 62.3 Å². The Bertz CT molecular complexity index is 425. The van der Waals surface area contributed by atoms with Crippen LogP contribution in [0.1, 0.15) is 12.8 Å². The first-order chi connectivity index (χ1) is 10.6. The Morgan fingerprint density at radius 1 is 0.955 bits per heavy atom. The molecule has 3 heterocycles. The Balaban J connectivity index is 1.45. The first-order valence-corrected chi connectivity index (χ1v) is 8.10. The average Bonchev–Trinajstić information content (AvgIpc) is 2.99. The minimum absolute atomic E-state index is 0.0571. The summed E-state index contributed by atoms with van der Waals surface area (Å²) in [4.78, 5) is 30.3. The van der Waals surface area contributed by atoms with Crippen molar-refractivity contribution in [2.75, 3.05) is 59.6 Å². The highest BCUT2D eigenvalue weighted by atomic mass is 16.5. The number of carbonyl (C=O) groups is 2. The summed E-state index contributed by atoms with van der Waals surface area (Å²) < 4.78 is 11.0. The van der Waals surface area contributed by atoms with E-state index >= 15 is 0 Å². The number of likely N-dealkylation sites (tertiary alicyclic amines) is 1. The van der Waals surface area contributed by atoms with Gasteiger partial charge in [0.05, 0.1) is 32.0 Å². The molecular weight excluding hydrogens is 286 g/mol. The van der Waals surface area contributed by atoms with Crippen molar-refractivity contribution in [1.29, 1.82) is 0 Å². The normalized spacial score (nSPS) is 29.5. The number of ether oxygens (including phenoxy) is 2.